The minimum absolute atomic E-state index is 0.0242. The molecule has 1 heterocycles. The van der Waals surface area contributed by atoms with Crippen LogP contribution in [0.4, 0.5) is 5.82 Å². The Morgan fingerprint density at radius 2 is 2.05 bits per heavy atom. The second kappa shape index (κ2) is 6.68. The van der Waals surface area contributed by atoms with Crippen molar-refractivity contribution in [1.82, 2.24) is 9.97 Å². The van der Waals surface area contributed by atoms with Crippen LogP contribution in [0.1, 0.15) is 25.7 Å². The number of aliphatic hydroxyl groups is 2. The number of nitrogens with one attached hydrogen (secondary N) is 1. The summed E-state index contributed by atoms with van der Waals surface area (Å²) in [4.78, 5) is 8.29. The number of rotatable bonds is 7. The lowest BCUT2D eigenvalue weighted by molar-refractivity contribution is 0.142. The van der Waals surface area contributed by atoms with Gasteiger partial charge in [-0.25, -0.2) is 0 Å². The molecule has 0 unspecified atom stereocenters. The van der Waals surface area contributed by atoms with Crippen molar-refractivity contribution in [3.8, 4) is 5.88 Å². The molecule has 0 aliphatic heterocycles. The summed E-state index contributed by atoms with van der Waals surface area (Å²) >= 11 is 0. The lowest BCUT2D eigenvalue weighted by atomic mass is 9.87. The van der Waals surface area contributed by atoms with Crippen LogP contribution in [0.5, 0.6) is 5.88 Å². The average molecular weight is 267 g/mol. The summed E-state index contributed by atoms with van der Waals surface area (Å²) in [6.07, 6.45) is 7.58. The molecule has 19 heavy (non-hydrogen) atoms. The zero-order valence-corrected chi connectivity index (χ0v) is 11.0. The van der Waals surface area contributed by atoms with E-state index >= 15 is 0 Å². The van der Waals surface area contributed by atoms with Crippen LogP contribution in [0.15, 0.2) is 12.4 Å². The monoisotopic (exact) mass is 267 g/mol. The lowest BCUT2D eigenvalue weighted by Crippen LogP contribution is -2.30. The summed E-state index contributed by atoms with van der Waals surface area (Å²) in [5.74, 6) is 1.03. The smallest absolute Gasteiger partial charge is 0.234 e. The number of aromatic nitrogens is 2. The molecule has 0 radical (unpaired) electrons. The van der Waals surface area contributed by atoms with Crippen LogP contribution in [0.25, 0.3) is 0 Å². The van der Waals surface area contributed by atoms with Crippen molar-refractivity contribution in [3.63, 3.8) is 0 Å². The molecule has 0 saturated heterocycles. The predicted octanol–water partition coefficient (Wildman–Crippen LogP) is 0.812. The van der Waals surface area contributed by atoms with Crippen molar-refractivity contribution in [1.29, 1.82) is 0 Å². The van der Waals surface area contributed by atoms with E-state index in [9.17, 15) is 5.11 Å². The molecule has 0 atom stereocenters. The van der Waals surface area contributed by atoms with Crippen LogP contribution in [0.3, 0.4) is 0 Å². The minimum atomic E-state index is -0.0487. The molecule has 1 aliphatic carbocycles. The Labute approximate surface area is 112 Å². The van der Waals surface area contributed by atoms with Gasteiger partial charge < -0.3 is 20.3 Å². The van der Waals surface area contributed by atoms with E-state index in [0.717, 1.165) is 12.8 Å². The van der Waals surface area contributed by atoms with Gasteiger partial charge in [0.1, 0.15) is 12.4 Å². The molecule has 1 aliphatic rings. The summed E-state index contributed by atoms with van der Waals surface area (Å²) in [6, 6.07) is 0. The largest absolute Gasteiger partial charge is 0.474 e. The van der Waals surface area contributed by atoms with Gasteiger partial charge >= 0.3 is 0 Å². The second-order valence-corrected chi connectivity index (χ2v) is 5.03. The van der Waals surface area contributed by atoms with Gasteiger partial charge in [0.2, 0.25) is 5.88 Å². The highest BCUT2D eigenvalue weighted by Gasteiger charge is 2.32. The fourth-order valence-electron chi connectivity index (χ4n) is 2.45. The van der Waals surface area contributed by atoms with E-state index in [4.69, 9.17) is 9.84 Å². The third kappa shape index (κ3) is 3.78. The normalized spacial score (nSPS) is 17.4. The highest BCUT2D eigenvalue weighted by atomic mass is 16.5. The van der Waals surface area contributed by atoms with Gasteiger partial charge in [0, 0.05) is 12.0 Å². The standard InChI is InChI=1S/C13H21N3O3/c17-5-6-19-12-8-14-7-11(16-12)15-9-13(10-18)3-1-2-4-13/h7-8,17-18H,1-6,9-10H2,(H,15,16). The SMILES string of the molecule is OCCOc1cncc(NCC2(CO)CCCC2)n1. The van der Waals surface area contributed by atoms with E-state index in [1.54, 1.807) is 6.20 Å². The number of aliphatic hydroxyl groups excluding tert-OH is 2. The molecule has 1 aromatic rings. The van der Waals surface area contributed by atoms with E-state index in [-0.39, 0.29) is 25.2 Å². The number of nitrogens with zero attached hydrogens (tertiary/aromatic N) is 2. The molecule has 0 spiro atoms. The lowest BCUT2D eigenvalue weighted by Gasteiger charge is -2.26. The topological polar surface area (TPSA) is 87.5 Å². The van der Waals surface area contributed by atoms with Crippen molar-refractivity contribution in [2.24, 2.45) is 5.41 Å². The van der Waals surface area contributed by atoms with E-state index in [1.165, 1.54) is 19.0 Å². The molecule has 2 rings (SSSR count). The van der Waals surface area contributed by atoms with Crippen molar-refractivity contribution in [2.45, 2.75) is 25.7 Å². The molecule has 1 saturated carbocycles. The maximum absolute atomic E-state index is 9.54. The number of hydrogen-bond donors (Lipinski definition) is 3. The molecular weight excluding hydrogens is 246 g/mol. The Morgan fingerprint density at radius 1 is 1.26 bits per heavy atom. The van der Waals surface area contributed by atoms with Crippen molar-refractivity contribution in [3.05, 3.63) is 12.4 Å². The van der Waals surface area contributed by atoms with E-state index in [0.29, 0.717) is 18.2 Å². The van der Waals surface area contributed by atoms with Crippen LogP contribution in [-0.4, -0.2) is 46.5 Å². The van der Waals surface area contributed by atoms with Gasteiger partial charge in [-0.3, -0.25) is 4.98 Å². The first-order valence-corrected chi connectivity index (χ1v) is 6.68. The van der Waals surface area contributed by atoms with Gasteiger partial charge in [0.25, 0.3) is 0 Å². The Hall–Kier alpha value is -1.40. The Balaban J connectivity index is 1.91. The molecule has 3 N–H and O–H groups in total. The molecule has 6 nitrogen and oxygen atoms in total. The van der Waals surface area contributed by atoms with Crippen molar-refractivity contribution >= 4 is 5.82 Å². The number of hydrogen-bond acceptors (Lipinski definition) is 6. The average Bonchev–Trinajstić information content (AvgIpc) is 2.93. The molecule has 1 aromatic heterocycles. The predicted molar refractivity (Wildman–Crippen MR) is 71.1 cm³/mol. The first-order valence-electron chi connectivity index (χ1n) is 6.68. The van der Waals surface area contributed by atoms with Gasteiger partial charge in [0.15, 0.2) is 0 Å². The van der Waals surface area contributed by atoms with Gasteiger partial charge in [-0.15, -0.1) is 0 Å². The summed E-state index contributed by atoms with van der Waals surface area (Å²) in [7, 11) is 0. The summed E-state index contributed by atoms with van der Waals surface area (Å²) in [6.45, 7) is 1.06. The Bertz CT molecular complexity index is 394. The first kappa shape index (κ1) is 14.0. The summed E-state index contributed by atoms with van der Waals surface area (Å²) in [5.41, 5.74) is -0.0242. The minimum Gasteiger partial charge on any atom is -0.474 e. The Morgan fingerprint density at radius 3 is 2.74 bits per heavy atom. The van der Waals surface area contributed by atoms with Crippen LogP contribution >= 0.6 is 0 Å². The molecule has 0 aromatic carbocycles. The summed E-state index contributed by atoms with van der Waals surface area (Å²) < 4.78 is 5.21. The van der Waals surface area contributed by atoms with Crippen molar-refractivity contribution in [2.75, 3.05) is 31.7 Å². The third-order valence-corrected chi connectivity index (χ3v) is 3.60. The second-order valence-electron chi connectivity index (χ2n) is 5.03. The molecule has 6 heteroatoms. The first-order chi connectivity index (χ1) is 9.28. The fraction of sp³-hybridized carbons (Fsp3) is 0.692. The van der Waals surface area contributed by atoms with Crippen LogP contribution in [0.2, 0.25) is 0 Å². The fourth-order valence-corrected chi connectivity index (χ4v) is 2.45. The quantitative estimate of drug-likeness (QED) is 0.677. The summed E-state index contributed by atoms with van der Waals surface area (Å²) in [5, 5.41) is 21.4. The molecule has 0 amide bonds. The molecule has 1 fully saturated rings. The highest BCUT2D eigenvalue weighted by Crippen LogP contribution is 2.37. The van der Waals surface area contributed by atoms with E-state index in [2.05, 4.69) is 15.3 Å². The Kier molecular flexibility index (Phi) is 4.93. The number of anilines is 1. The van der Waals surface area contributed by atoms with Crippen LogP contribution < -0.4 is 10.1 Å². The maximum atomic E-state index is 9.54. The molecular formula is C13H21N3O3. The van der Waals surface area contributed by atoms with E-state index in [1.807, 2.05) is 0 Å². The van der Waals surface area contributed by atoms with Gasteiger partial charge in [-0.1, -0.05) is 12.8 Å². The number of ether oxygens (including phenoxy) is 1. The van der Waals surface area contributed by atoms with Crippen LogP contribution in [-0.2, 0) is 0 Å². The molecule has 106 valence electrons. The van der Waals surface area contributed by atoms with Gasteiger partial charge in [-0.05, 0) is 12.8 Å². The van der Waals surface area contributed by atoms with E-state index < -0.39 is 0 Å². The van der Waals surface area contributed by atoms with Gasteiger partial charge in [0.05, 0.1) is 25.6 Å². The maximum Gasteiger partial charge on any atom is 0.234 e. The highest BCUT2D eigenvalue weighted by molar-refractivity contribution is 5.33. The van der Waals surface area contributed by atoms with Gasteiger partial charge in [-0.2, -0.15) is 4.98 Å². The zero-order chi connectivity index (χ0) is 13.6. The zero-order valence-electron chi connectivity index (χ0n) is 11.0. The van der Waals surface area contributed by atoms with Crippen LogP contribution in [0, 0.1) is 5.41 Å². The molecule has 0 bridgehead atoms. The van der Waals surface area contributed by atoms with Crippen molar-refractivity contribution < 1.29 is 14.9 Å². The third-order valence-electron chi connectivity index (χ3n) is 3.60.